The zero-order chi connectivity index (χ0) is 21.6. The summed E-state index contributed by atoms with van der Waals surface area (Å²) in [6.45, 7) is 0.0104. The average molecular weight is 408 g/mol. The molecule has 0 unspecified atom stereocenters. The number of methoxy groups -OCH3 is 5. The van der Waals surface area contributed by atoms with Crippen LogP contribution in [0.4, 0.5) is 0 Å². The van der Waals surface area contributed by atoms with Gasteiger partial charge in [0.1, 0.15) is 18.1 Å². The Labute approximate surface area is 167 Å². The third kappa shape index (κ3) is 4.80. The summed E-state index contributed by atoms with van der Waals surface area (Å²) in [7, 11) is 7.05. The van der Waals surface area contributed by atoms with Crippen LogP contribution >= 0.6 is 0 Å². The lowest BCUT2D eigenvalue weighted by Crippen LogP contribution is -2.15. The first kappa shape index (κ1) is 22.1. The van der Waals surface area contributed by atoms with E-state index in [-0.39, 0.29) is 24.5 Å². The molecular weight excluding hydrogens is 384 g/mol. The fourth-order valence-electron chi connectivity index (χ4n) is 2.92. The standard InChI is InChI=1S/C20H24O9/c1-24-10-11-6-14(21)19(23)20(29-11)13(8-18(22)28-5)12-7-16(26-3)17(27-4)9-15(12)25-2/h6-7,9,13,23H,8,10H2,1-5H3/t13-/m1/s1. The maximum Gasteiger partial charge on any atom is 0.306 e. The van der Waals surface area contributed by atoms with Crippen molar-refractivity contribution in [1.82, 2.24) is 0 Å². The number of ether oxygens (including phenoxy) is 5. The van der Waals surface area contributed by atoms with Crippen LogP contribution in [0.2, 0.25) is 0 Å². The molecule has 1 aromatic heterocycles. The number of carbonyl (C=O) groups is 1. The molecule has 2 rings (SSSR count). The molecule has 1 N–H and O–H groups in total. The first-order chi connectivity index (χ1) is 13.9. The number of carbonyl (C=O) groups excluding carboxylic acids is 1. The van der Waals surface area contributed by atoms with E-state index >= 15 is 0 Å². The fourth-order valence-corrected chi connectivity index (χ4v) is 2.92. The van der Waals surface area contributed by atoms with E-state index in [1.807, 2.05) is 0 Å². The van der Waals surface area contributed by atoms with Gasteiger partial charge in [-0.3, -0.25) is 9.59 Å². The van der Waals surface area contributed by atoms with Crippen LogP contribution in [-0.2, 0) is 20.9 Å². The molecule has 0 spiro atoms. The number of hydrogen-bond acceptors (Lipinski definition) is 9. The van der Waals surface area contributed by atoms with Gasteiger partial charge in [0.2, 0.25) is 11.2 Å². The summed E-state index contributed by atoms with van der Waals surface area (Å²) in [6.07, 6.45) is -0.227. The van der Waals surface area contributed by atoms with Crippen LogP contribution < -0.4 is 19.6 Å². The lowest BCUT2D eigenvalue weighted by molar-refractivity contribution is -0.140. The lowest BCUT2D eigenvalue weighted by atomic mass is 9.91. The summed E-state index contributed by atoms with van der Waals surface area (Å²) in [5, 5.41) is 10.4. The predicted octanol–water partition coefficient (Wildman–Crippen LogP) is 2.21. The topological polar surface area (TPSA) is 114 Å². The third-order valence-electron chi connectivity index (χ3n) is 4.31. The van der Waals surface area contributed by atoms with Crippen molar-refractivity contribution >= 4 is 5.97 Å². The van der Waals surface area contributed by atoms with Gasteiger partial charge in [-0.1, -0.05) is 0 Å². The normalized spacial score (nSPS) is 11.6. The molecule has 0 aliphatic heterocycles. The molecule has 9 heteroatoms. The van der Waals surface area contributed by atoms with Crippen molar-refractivity contribution in [2.75, 3.05) is 35.5 Å². The Kier molecular flexibility index (Phi) is 7.49. The van der Waals surface area contributed by atoms with Gasteiger partial charge in [0.15, 0.2) is 17.3 Å². The molecule has 0 saturated carbocycles. The second-order valence-electron chi connectivity index (χ2n) is 6.00. The largest absolute Gasteiger partial charge is 0.502 e. The smallest absolute Gasteiger partial charge is 0.306 e. The van der Waals surface area contributed by atoms with Gasteiger partial charge in [0.05, 0.1) is 40.8 Å². The summed E-state index contributed by atoms with van der Waals surface area (Å²) in [6, 6.07) is 4.30. The molecule has 29 heavy (non-hydrogen) atoms. The highest BCUT2D eigenvalue weighted by Gasteiger charge is 2.30. The Morgan fingerprint density at radius 3 is 2.17 bits per heavy atom. The van der Waals surface area contributed by atoms with Crippen LogP contribution in [-0.4, -0.2) is 46.6 Å². The summed E-state index contributed by atoms with van der Waals surface area (Å²) in [5.41, 5.74) is -0.226. The summed E-state index contributed by atoms with van der Waals surface area (Å²) < 4.78 is 31.6. The lowest BCUT2D eigenvalue weighted by Gasteiger charge is -2.21. The average Bonchev–Trinajstić information content (AvgIpc) is 2.73. The van der Waals surface area contributed by atoms with Crippen molar-refractivity contribution < 1.29 is 38.0 Å². The van der Waals surface area contributed by atoms with Crippen LogP contribution in [0.15, 0.2) is 27.4 Å². The minimum atomic E-state index is -0.901. The zero-order valence-corrected chi connectivity index (χ0v) is 16.9. The second-order valence-corrected chi connectivity index (χ2v) is 6.00. The molecule has 0 fully saturated rings. The van der Waals surface area contributed by atoms with Crippen LogP contribution in [0.3, 0.4) is 0 Å². The number of benzene rings is 1. The molecule has 2 aromatic rings. The van der Waals surface area contributed by atoms with E-state index in [2.05, 4.69) is 0 Å². The van der Waals surface area contributed by atoms with Gasteiger partial charge in [-0.05, 0) is 6.07 Å². The maximum absolute atomic E-state index is 12.2. The SMILES string of the molecule is COCc1cc(=O)c(O)c([C@H](CC(=O)OC)c2cc(OC)c(OC)cc2OC)o1. The molecule has 0 aliphatic rings. The molecule has 0 amide bonds. The van der Waals surface area contributed by atoms with Gasteiger partial charge in [-0.2, -0.15) is 0 Å². The Morgan fingerprint density at radius 1 is 1.00 bits per heavy atom. The van der Waals surface area contributed by atoms with Gasteiger partial charge in [-0.15, -0.1) is 0 Å². The van der Waals surface area contributed by atoms with E-state index in [9.17, 15) is 14.7 Å². The van der Waals surface area contributed by atoms with Crippen LogP contribution in [0.25, 0.3) is 0 Å². The maximum atomic E-state index is 12.2. The van der Waals surface area contributed by atoms with Crippen molar-refractivity contribution in [2.45, 2.75) is 18.9 Å². The van der Waals surface area contributed by atoms with Gasteiger partial charge in [0, 0.05) is 24.8 Å². The van der Waals surface area contributed by atoms with E-state index in [1.54, 1.807) is 12.1 Å². The molecule has 1 aromatic carbocycles. The van der Waals surface area contributed by atoms with Crippen LogP contribution in [0.1, 0.15) is 29.4 Å². The Morgan fingerprint density at radius 2 is 1.62 bits per heavy atom. The molecule has 0 saturated heterocycles. The van der Waals surface area contributed by atoms with E-state index < -0.39 is 23.1 Å². The zero-order valence-electron chi connectivity index (χ0n) is 16.9. The highest BCUT2D eigenvalue weighted by molar-refractivity contribution is 5.72. The molecule has 1 atom stereocenters. The molecule has 0 radical (unpaired) electrons. The molecule has 0 aliphatic carbocycles. The van der Waals surface area contributed by atoms with E-state index in [0.717, 1.165) is 6.07 Å². The fraction of sp³-hybridized carbons (Fsp3) is 0.400. The molecule has 158 valence electrons. The van der Waals surface area contributed by atoms with Gasteiger partial charge in [-0.25, -0.2) is 0 Å². The van der Waals surface area contributed by atoms with Gasteiger partial charge < -0.3 is 33.2 Å². The Balaban J connectivity index is 2.76. The van der Waals surface area contributed by atoms with Crippen molar-refractivity contribution in [3.8, 4) is 23.0 Å². The first-order valence-corrected chi connectivity index (χ1v) is 8.61. The minimum absolute atomic E-state index is 0.0104. The van der Waals surface area contributed by atoms with Crippen molar-refractivity contribution in [3.05, 3.63) is 45.5 Å². The van der Waals surface area contributed by atoms with E-state index in [4.69, 9.17) is 28.1 Å². The summed E-state index contributed by atoms with van der Waals surface area (Å²) in [4.78, 5) is 24.4. The highest BCUT2D eigenvalue weighted by atomic mass is 16.5. The minimum Gasteiger partial charge on any atom is -0.502 e. The summed E-state index contributed by atoms with van der Waals surface area (Å²) >= 11 is 0. The molecule has 9 nitrogen and oxygen atoms in total. The van der Waals surface area contributed by atoms with Gasteiger partial charge >= 0.3 is 5.97 Å². The van der Waals surface area contributed by atoms with Crippen molar-refractivity contribution in [1.29, 1.82) is 0 Å². The summed E-state index contributed by atoms with van der Waals surface area (Å²) in [5.74, 6) is -0.893. The Hall–Kier alpha value is -3.20. The first-order valence-electron chi connectivity index (χ1n) is 8.61. The Bertz CT molecular complexity index is 917. The number of hydrogen-bond donors (Lipinski definition) is 1. The molecule has 0 bridgehead atoms. The number of rotatable bonds is 9. The van der Waals surface area contributed by atoms with E-state index in [0.29, 0.717) is 22.8 Å². The number of aromatic hydroxyl groups is 1. The van der Waals surface area contributed by atoms with Crippen molar-refractivity contribution in [2.24, 2.45) is 0 Å². The van der Waals surface area contributed by atoms with Crippen LogP contribution in [0, 0.1) is 0 Å². The molecular formula is C20H24O9. The predicted molar refractivity (Wildman–Crippen MR) is 102 cm³/mol. The third-order valence-corrected chi connectivity index (χ3v) is 4.31. The van der Waals surface area contributed by atoms with Gasteiger partial charge in [0.25, 0.3) is 0 Å². The molecule has 1 heterocycles. The monoisotopic (exact) mass is 408 g/mol. The van der Waals surface area contributed by atoms with E-state index in [1.165, 1.54) is 35.5 Å². The highest BCUT2D eigenvalue weighted by Crippen LogP contribution is 2.43. The van der Waals surface area contributed by atoms with Crippen LogP contribution in [0.5, 0.6) is 23.0 Å². The number of esters is 1. The quantitative estimate of drug-likeness (QED) is 0.624. The van der Waals surface area contributed by atoms with Crippen molar-refractivity contribution in [3.63, 3.8) is 0 Å². The second kappa shape index (κ2) is 9.83.